The fourth-order valence-electron chi connectivity index (χ4n) is 14.4. The second kappa shape index (κ2) is 17.8. The van der Waals surface area contributed by atoms with E-state index in [4.69, 9.17) is 23.2 Å². The van der Waals surface area contributed by atoms with Gasteiger partial charge in [0.2, 0.25) is 0 Å². The molecule has 7 heterocycles. The van der Waals surface area contributed by atoms with Gasteiger partial charge in [-0.05, 0) is 114 Å². The van der Waals surface area contributed by atoms with Crippen LogP contribution in [0.5, 0.6) is 0 Å². The predicted molar refractivity (Wildman–Crippen MR) is 361 cm³/mol. The number of furan rings is 3. The Hall–Kier alpha value is -12.0. The van der Waals surface area contributed by atoms with Crippen LogP contribution in [0.3, 0.4) is 0 Å². The van der Waals surface area contributed by atoms with Crippen LogP contribution in [0.1, 0.15) is 0 Å². The van der Waals surface area contributed by atoms with Crippen molar-refractivity contribution in [2.24, 2.45) is 0 Å². The molecule has 408 valence electrons. The SMILES string of the molecule is c1cc(-c2nc(-c3ccc(-n4c5ccccc5c5cc6c(cc54)oc4ccccc46)cc3)c3cc(-c4ccc(-n5c6ccccc6c6cc7c(cc65)oc5ccccc57)cc4)ccc3n2)cc(-n2c3ccccc3c3cc4c(cc32)oc2ccccc24)c1. The van der Waals surface area contributed by atoms with Crippen molar-refractivity contribution in [1.29, 1.82) is 0 Å². The van der Waals surface area contributed by atoms with E-state index in [1.54, 1.807) is 0 Å². The van der Waals surface area contributed by atoms with E-state index in [0.717, 1.165) is 155 Å². The molecule has 20 rings (SSSR count). The average molecular weight is 1120 g/mol. The molecule has 20 aromatic rings. The zero-order chi connectivity index (χ0) is 57.3. The van der Waals surface area contributed by atoms with E-state index >= 15 is 0 Å². The number of hydrogen-bond donors (Lipinski definition) is 0. The van der Waals surface area contributed by atoms with Gasteiger partial charge in [-0.2, -0.15) is 0 Å². The van der Waals surface area contributed by atoms with Crippen molar-refractivity contribution in [3.63, 3.8) is 0 Å². The number of aromatic nitrogens is 5. The number of fused-ring (bicyclic) bond motifs is 19. The third-order valence-corrected chi connectivity index (χ3v) is 18.4. The van der Waals surface area contributed by atoms with Crippen molar-refractivity contribution in [2.45, 2.75) is 0 Å². The normalized spacial score (nSPS) is 12.3. The fourth-order valence-corrected chi connectivity index (χ4v) is 14.4. The van der Waals surface area contributed by atoms with Crippen molar-refractivity contribution >= 4 is 142 Å². The number of rotatable bonds is 6. The Morgan fingerprint density at radius 2 is 0.625 bits per heavy atom. The van der Waals surface area contributed by atoms with Gasteiger partial charge in [0.25, 0.3) is 0 Å². The quantitative estimate of drug-likeness (QED) is 0.166. The van der Waals surface area contributed by atoms with Crippen molar-refractivity contribution in [3.05, 3.63) is 273 Å². The van der Waals surface area contributed by atoms with Gasteiger partial charge in [0.05, 0.1) is 44.3 Å². The van der Waals surface area contributed by atoms with Crippen molar-refractivity contribution in [2.75, 3.05) is 0 Å². The third kappa shape index (κ3) is 6.79. The Bertz CT molecular complexity index is 6370. The smallest absolute Gasteiger partial charge is 0.160 e. The zero-order valence-corrected chi connectivity index (χ0v) is 46.9. The van der Waals surface area contributed by atoms with E-state index in [0.29, 0.717) is 5.82 Å². The van der Waals surface area contributed by atoms with Crippen molar-refractivity contribution in [1.82, 2.24) is 23.7 Å². The lowest BCUT2D eigenvalue weighted by molar-refractivity contribution is 0.669. The Morgan fingerprint density at radius 1 is 0.216 bits per heavy atom. The summed E-state index contributed by atoms with van der Waals surface area (Å²) in [6, 6.07) is 97.3. The first kappa shape index (κ1) is 47.4. The Morgan fingerprint density at radius 3 is 1.10 bits per heavy atom. The molecule has 0 saturated heterocycles. The van der Waals surface area contributed by atoms with Crippen LogP contribution in [0, 0.1) is 0 Å². The number of benzene rings is 13. The molecule has 0 aliphatic heterocycles. The highest BCUT2D eigenvalue weighted by molar-refractivity contribution is 6.20. The van der Waals surface area contributed by atoms with Gasteiger partial charge in [0.15, 0.2) is 5.82 Å². The third-order valence-electron chi connectivity index (χ3n) is 18.4. The van der Waals surface area contributed by atoms with Crippen molar-refractivity contribution in [3.8, 4) is 50.8 Å². The summed E-state index contributed by atoms with van der Waals surface area (Å²) in [6.07, 6.45) is 0. The molecule has 0 spiro atoms. The molecule has 0 bridgehead atoms. The molecule has 0 unspecified atom stereocenters. The Balaban J connectivity index is 0.742. The second-order valence-electron chi connectivity index (χ2n) is 23.2. The average Bonchev–Trinajstić information content (AvgIpc) is 1.82. The molecule has 8 nitrogen and oxygen atoms in total. The van der Waals surface area contributed by atoms with Crippen LogP contribution in [-0.2, 0) is 0 Å². The highest BCUT2D eigenvalue weighted by Crippen LogP contribution is 2.44. The van der Waals surface area contributed by atoms with E-state index < -0.39 is 0 Å². The number of hydrogen-bond acceptors (Lipinski definition) is 5. The molecule has 88 heavy (non-hydrogen) atoms. The first-order valence-electron chi connectivity index (χ1n) is 29.8. The largest absolute Gasteiger partial charge is 0.456 e. The first-order chi connectivity index (χ1) is 43.6. The first-order valence-corrected chi connectivity index (χ1v) is 29.8. The summed E-state index contributed by atoms with van der Waals surface area (Å²) in [5.74, 6) is 0.634. The van der Waals surface area contributed by atoms with E-state index in [9.17, 15) is 0 Å². The summed E-state index contributed by atoms with van der Waals surface area (Å²) < 4.78 is 26.5. The lowest BCUT2D eigenvalue weighted by atomic mass is 9.99. The van der Waals surface area contributed by atoms with Crippen LogP contribution >= 0.6 is 0 Å². The van der Waals surface area contributed by atoms with E-state index in [1.807, 2.05) is 36.4 Å². The Labute approximate surface area is 500 Å². The summed E-state index contributed by atoms with van der Waals surface area (Å²) in [4.78, 5) is 11.0. The molecule has 8 heteroatoms. The van der Waals surface area contributed by atoms with Crippen LogP contribution in [0.25, 0.3) is 193 Å². The van der Waals surface area contributed by atoms with Gasteiger partial charge in [0.1, 0.15) is 33.5 Å². The van der Waals surface area contributed by atoms with Gasteiger partial charge < -0.3 is 27.0 Å². The lowest BCUT2D eigenvalue weighted by Crippen LogP contribution is -1.99. The molecule has 0 fully saturated rings. The van der Waals surface area contributed by atoms with Gasteiger partial charge in [-0.3, -0.25) is 0 Å². The standard InChI is InChI=1S/C80H45N5O3/c1-7-22-67-53(16-1)59-40-62-56-19-4-10-25-73(56)86-76(62)43-70(59)83(67)50-33-28-46(29-34-50)48-32-37-66-65(39-48)79(47-30-35-51(36-31-47)84-68-23-8-2-17-54(68)60-41-63-57-20-5-11-26-74(57)87-77(63)44-71(60)84)82-80(81-66)49-14-13-15-52(38-49)85-69-24-9-3-18-55(69)61-42-64-58-21-6-12-27-75(58)88-78(64)45-72(61)85/h1-45H. The molecule has 0 aliphatic rings. The Kier molecular flexibility index (Phi) is 9.57. The van der Waals surface area contributed by atoms with Crippen LogP contribution < -0.4 is 0 Å². The van der Waals surface area contributed by atoms with E-state index in [1.165, 1.54) is 32.3 Å². The van der Waals surface area contributed by atoms with Crippen LogP contribution in [-0.4, -0.2) is 23.7 Å². The summed E-state index contributed by atoms with van der Waals surface area (Å²) in [7, 11) is 0. The predicted octanol–water partition coefficient (Wildman–Crippen LogP) is 21.6. The molecule has 7 aromatic heterocycles. The van der Waals surface area contributed by atoms with Gasteiger partial charge in [0, 0.05) is 116 Å². The summed E-state index contributed by atoms with van der Waals surface area (Å²) in [6.45, 7) is 0. The maximum absolute atomic E-state index is 6.49. The molecular weight excluding hydrogens is 1080 g/mol. The molecule has 0 atom stereocenters. The molecule has 0 amide bonds. The topological polar surface area (TPSA) is 80.0 Å². The molecule has 0 radical (unpaired) electrons. The number of para-hydroxylation sites is 6. The fraction of sp³-hybridized carbons (Fsp3) is 0. The van der Waals surface area contributed by atoms with Gasteiger partial charge in [-0.15, -0.1) is 0 Å². The van der Waals surface area contributed by atoms with Crippen molar-refractivity contribution < 1.29 is 13.3 Å². The highest BCUT2D eigenvalue weighted by Gasteiger charge is 2.22. The van der Waals surface area contributed by atoms with Gasteiger partial charge in [-0.1, -0.05) is 152 Å². The minimum Gasteiger partial charge on any atom is -0.456 e. The highest BCUT2D eigenvalue weighted by atomic mass is 16.3. The van der Waals surface area contributed by atoms with Gasteiger partial charge >= 0.3 is 0 Å². The molecule has 0 saturated carbocycles. The maximum Gasteiger partial charge on any atom is 0.160 e. The zero-order valence-electron chi connectivity index (χ0n) is 46.9. The lowest BCUT2D eigenvalue weighted by Gasteiger charge is -2.14. The minimum absolute atomic E-state index is 0.634. The molecule has 0 aliphatic carbocycles. The van der Waals surface area contributed by atoms with Gasteiger partial charge in [-0.25, -0.2) is 9.97 Å². The molecule has 0 N–H and O–H groups in total. The number of nitrogens with zero attached hydrogens (tertiary/aromatic N) is 5. The minimum atomic E-state index is 0.634. The van der Waals surface area contributed by atoms with Crippen LogP contribution in [0.15, 0.2) is 286 Å². The maximum atomic E-state index is 6.49. The summed E-state index contributed by atoms with van der Waals surface area (Å²) in [5.41, 5.74) is 20.7. The monoisotopic (exact) mass is 1120 g/mol. The second-order valence-corrected chi connectivity index (χ2v) is 23.2. The van der Waals surface area contributed by atoms with Crippen LogP contribution in [0.4, 0.5) is 0 Å². The van der Waals surface area contributed by atoms with E-state index in [-0.39, 0.29) is 0 Å². The molecule has 13 aromatic carbocycles. The van der Waals surface area contributed by atoms with E-state index in [2.05, 4.69) is 250 Å². The summed E-state index contributed by atoms with van der Waals surface area (Å²) >= 11 is 0. The van der Waals surface area contributed by atoms with Crippen LogP contribution in [0.2, 0.25) is 0 Å². The molecular formula is C80H45N5O3. The summed E-state index contributed by atoms with van der Waals surface area (Å²) in [5, 5.41) is 14.7.